The molecule has 1 aromatic carbocycles. The van der Waals surface area contributed by atoms with Crippen molar-refractivity contribution < 1.29 is 9.26 Å². The van der Waals surface area contributed by atoms with Gasteiger partial charge in [-0.15, -0.1) is 0 Å². The molecule has 4 nitrogen and oxygen atoms in total. The average molecular weight is 192 g/mol. The van der Waals surface area contributed by atoms with Crippen molar-refractivity contribution in [1.82, 2.24) is 5.16 Å². The summed E-state index contributed by atoms with van der Waals surface area (Å²) in [5.74, 6) is 0.522. The zero-order valence-corrected chi connectivity index (χ0v) is 7.99. The van der Waals surface area contributed by atoms with Crippen LogP contribution < -0.4 is 10.5 Å². The fourth-order valence-electron chi connectivity index (χ4n) is 1.29. The molecule has 2 aromatic rings. The van der Waals surface area contributed by atoms with Crippen LogP contribution in [0.4, 0.5) is 0 Å². The van der Waals surface area contributed by atoms with Gasteiger partial charge in [-0.05, 0) is 24.2 Å². The van der Waals surface area contributed by atoms with Gasteiger partial charge in [-0.25, -0.2) is 0 Å². The number of fused-ring (bicyclic) bond motifs is 1. The number of aromatic nitrogens is 1. The molecule has 0 aliphatic rings. The third-order valence-electron chi connectivity index (χ3n) is 1.95. The lowest BCUT2D eigenvalue weighted by Gasteiger charge is -1.98. The standard InChI is InChI=1S/C10H12N2O2/c1-7-2-3-9-8(6-7)10(12-14-9)13-5-4-11/h2-3,6H,4-5,11H2,1H3. The first-order valence-corrected chi connectivity index (χ1v) is 4.50. The van der Waals surface area contributed by atoms with E-state index in [1.165, 1.54) is 0 Å². The minimum atomic E-state index is 0.454. The molecule has 0 radical (unpaired) electrons. The Kier molecular flexibility index (Phi) is 2.37. The smallest absolute Gasteiger partial charge is 0.262 e. The highest BCUT2D eigenvalue weighted by Gasteiger charge is 2.08. The van der Waals surface area contributed by atoms with Gasteiger partial charge in [0.25, 0.3) is 5.88 Å². The number of hydrogen-bond acceptors (Lipinski definition) is 4. The Morgan fingerprint density at radius 3 is 3.14 bits per heavy atom. The molecule has 0 atom stereocenters. The highest BCUT2D eigenvalue weighted by molar-refractivity contribution is 5.82. The summed E-state index contributed by atoms with van der Waals surface area (Å²) in [7, 11) is 0. The van der Waals surface area contributed by atoms with Crippen LogP contribution in [-0.2, 0) is 0 Å². The normalized spacial score (nSPS) is 10.7. The predicted octanol–water partition coefficient (Wildman–Crippen LogP) is 1.47. The third kappa shape index (κ3) is 1.56. The summed E-state index contributed by atoms with van der Waals surface area (Å²) in [5.41, 5.74) is 7.23. The van der Waals surface area contributed by atoms with E-state index in [1.54, 1.807) is 0 Å². The number of rotatable bonds is 3. The molecule has 0 amide bonds. The second-order valence-electron chi connectivity index (χ2n) is 3.12. The molecule has 14 heavy (non-hydrogen) atoms. The molecule has 4 heteroatoms. The van der Waals surface area contributed by atoms with E-state index < -0.39 is 0 Å². The van der Waals surface area contributed by atoms with Gasteiger partial charge in [0.2, 0.25) is 0 Å². The maximum Gasteiger partial charge on any atom is 0.262 e. The van der Waals surface area contributed by atoms with Crippen LogP contribution in [0.15, 0.2) is 22.7 Å². The monoisotopic (exact) mass is 192 g/mol. The molecule has 2 rings (SSSR count). The Balaban J connectivity index is 2.40. The summed E-state index contributed by atoms with van der Waals surface area (Å²) in [6.45, 7) is 2.94. The molecular weight excluding hydrogens is 180 g/mol. The Morgan fingerprint density at radius 1 is 1.50 bits per heavy atom. The van der Waals surface area contributed by atoms with Crippen molar-refractivity contribution in [1.29, 1.82) is 0 Å². The summed E-state index contributed by atoms with van der Waals surface area (Å²) in [4.78, 5) is 0. The van der Waals surface area contributed by atoms with Gasteiger partial charge in [0.15, 0.2) is 5.58 Å². The number of ether oxygens (including phenoxy) is 1. The molecule has 0 saturated carbocycles. The largest absolute Gasteiger partial charge is 0.474 e. The third-order valence-corrected chi connectivity index (χ3v) is 1.95. The Hall–Kier alpha value is -1.55. The van der Waals surface area contributed by atoms with E-state index >= 15 is 0 Å². The molecule has 2 N–H and O–H groups in total. The van der Waals surface area contributed by atoms with Crippen molar-refractivity contribution in [3.8, 4) is 5.88 Å². The number of benzene rings is 1. The number of nitrogens with zero attached hydrogens (tertiary/aromatic N) is 1. The van der Waals surface area contributed by atoms with Crippen LogP contribution in [0, 0.1) is 6.92 Å². The first-order chi connectivity index (χ1) is 6.81. The van der Waals surface area contributed by atoms with Crippen LogP contribution >= 0.6 is 0 Å². The number of nitrogens with two attached hydrogens (primary N) is 1. The SMILES string of the molecule is Cc1ccc2onc(OCCN)c2c1. The molecule has 0 fully saturated rings. The van der Waals surface area contributed by atoms with Gasteiger partial charge in [-0.1, -0.05) is 11.6 Å². The molecule has 0 spiro atoms. The van der Waals surface area contributed by atoms with Crippen LogP contribution in [0.2, 0.25) is 0 Å². The van der Waals surface area contributed by atoms with Gasteiger partial charge in [-0.2, -0.15) is 0 Å². The molecule has 0 unspecified atom stereocenters. The van der Waals surface area contributed by atoms with Gasteiger partial charge in [0, 0.05) is 6.54 Å². The Labute approximate surface area is 81.6 Å². The minimum Gasteiger partial charge on any atom is -0.474 e. The van der Waals surface area contributed by atoms with Crippen molar-refractivity contribution in [2.75, 3.05) is 13.2 Å². The van der Waals surface area contributed by atoms with E-state index in [9.17, 15) is 0 Å². The van der Waals surface area contributed by atoms with Crippen molar-refractivity contribution >= 4 is 11.0 Å². The summed E-state index contributed by atoms with van der Waals surface area (Å²) < 4.78 is 10.4. The average Bonchev–Trinajstić information content (AvgIpc) is 2.57. The maximum atomic E-state index is 5.34. The second-order valence-corrected chi connectivity index (χ2v) is 3.12. The molecule has 0 aliphatic heterocycles. The molecule has 1 heterocycles. The lowest BCUT2D eigenvalue weighted by Crippen LogP contribution is -2.10. The van der Waals surface area contributed by atoms with Crippen molar-refractivity contribution in [3.05, 3.63) is 23.8 Å². The van der Waals surface area contributed by atoms with E-state index in [4.69, 9.17) is 15.0 Å². The number of hydrogen-bond donors (Lipinski definition) is 1. The Bertz CT molecular complexity index is 437. The summed E-state index contributed by atoms with van der Waals surface area (Å²) >= 11 is 0. The lowest BCUT2D eigenvalue weighted by molar-refractivity contribution is 0.293. The van der Waals surface area contributed by atoms with Crippen molar-refractivity contribution in [2.24, 2.45) is 5.73 Å². The summed E-state index contributed by atoms with van der Waals surface area (Å²) in [5, 5.41) is 4.72. The van der Waals surface area contributed by atoms with Crippen LogP contribution in [0.1, 0.15) is 5.56 Å². The maximum absolute atomic E-state index is 5.34. The summed E-state index contributed by atoms with van der Waals surface area (Å²) in [6, 6.07) is 5.84. The second kappa shape index (κ2) is 3.67. The van der Waals surface area contributed by atoms with E-state index in [0.717, 1.165) is 16.5 Å². The van der Waals surface area contributed by atoms with Gasteiger partial charge in [-0.3, -0.25) is 0 Å². The molecular formula is C10H12N2O2. The topological polar surface area (TPSA) is 61.3 Å². The number of aryl methyl sites for hydroxylation is 1. The molecule has 1 aromatic heterocycles. The molecule has 0 bridgehead atoms. The van der Waals surface area contributed by atoms with Gasteiger partial charge < -0.3 is 15.0 Å². The first-order valence-electron chi connectivity index (χ1n) is 4.50. The van der Waals surface area contributed by atoms with Crippen molar-refractivity contribution in [2.45, 2.75) is 6.92 Å². The minimum absolute atomic E-state index is 0.454. The molecule has 0 saturated heterocycles. The van der Waals surface area contributed by atoms with Gasteiger partial charge >= 0.3 is 0 Å². The van der Waals surface area contributed by atoms with Crippen LogP contribution in [-0.4, -0.2) is 18.3 Å². The van der Waals surface area contributed by atoms with E-state index in [1.807, 2.05) is 25.1 Å². The highest BCUT2D eigenvalue weighted by Crippen LogP contribution is 2.25. The van der Waals surface area contributed by atoms with E-state index in [-0.39, 0.29) is 0 Å². The summed E-state index contributed by atoms with van der Waals surface area (Å²) in [6.07, 6.45) is 0. The predicted molar refractivity (Wildman–Crippen MR) is 53.3 cm³/mol. The fourth-order valence-corrected chi connectivity index (χ4v) is 1.29. The zero-order chi connectivity index (χ0) is 9.97. The van der Waals surface area contributed by atoms with Crippen LogP contribution in [0.25, 0.3) is 11.0 Å². The van der Waals surface area contributed by atoms with E-state index in [2.05, 4.69) is 5.16 Å². The van der Waals surface area contributed by atoms with Crippen LogP contribution in [0.3, 0.4) is 0 Å². The molecule has 0 aliphatic carbocycles. The van der Waals surface area contributed by atoms with Crippen LogP contribution in [0.5, 0.6) is 5.88 Å². The lowest BCUT2D eigenvalue weighted by atomic mass is 10.2. The highest BCUT2D eigenvalue weighted by atomic mass is 16.5. The zero-order valence-electron chi connectivity index (χ0n) is 7.99. The molecule has 74 valence electrons. The van der Waals surface area contributed by atoms with Gasteiger partial charge in [0.1, 0.15) is 6.61 Å². The fraction of sp³-hybridized carbons (Fsp3) is 0.300. The van der Waals surface area contributed by atoms with Gasteiger partial charge in [0.05, 0.1) is 5.39 Å². The first kappa shape index (κ1) is 9.02. The Morgan fingerprint density at radius 2 is 2.36 bits per heavy atom. The van der Waals surface area contributed by atoms with Crippen molar-refractivity contribution in [3.63, 3.8) is 0 Å². The van der Waals surface area contributed by atoms with E-state index in [0.29, 0.717) is 19.0 Å². The quantitative estimate of drug-likeness (QED) is 0.800.